The van der Waals surface area contributed by atoms with E-state index < -0.39 is 0 Å². The van der Waals surface area contributed by atoms with Crippen LogP contribution in [0.25, 0.3) is 0 Å². The van der Waals surface area contributed by atoms with Crippen molar-refractivity contribution < 1.29 is 10.2 Å². The van der Waals surface area contributed by atoms with Gasteiger partial charge in [0.2, 0.25) is 0 Å². The summed E-state index contributed by atoms with van der Waals surface area (Å²) in [6, 6.07) is 0. The largest absolute Gasteiger partial charge is 0.392 e. The Morgan fingerprint density at radius 2 is 1.92 bits per heavy atom. The second-order valence-electron chi connectivity index (χ2n) is 4.14. The van der Waals surface area contributed by atoms with Crippen LogP contribution in [0.2, 0.25) is 0 Å². The fraction of sp³-hybridized carbons (Fsp3) is 0.800. The summed E-state index contributed by atoms with van der Waals surface area (Å²) in [7, 11) is 0. The lowest BCUT2D eigenvalue weighted by Crippen LogP contribution is -2.24. The highest BCUT2D eigenvalue weighted by Gasteiger charge is 2.28. The zero-order valence-electron chi connectivity index (χ0n) is 7.93. The van der Waals surface area contributed by atoms with Crippen LogP contribution in [0.1, 0.15) is 33.1 Å². The third-order valence-electron chi connectivity index (χ3n) is 2.87. The van der Waals surface area contributed by atoms with E-state index in [4.69, 9.17) is 10.2 Å². The van der Waals surface area contributed by atoms with Gasteiger partial charge in [0.1, 0.15) is 0 Å². The summed E-state index contributed by atoms with van der Waals surface area (Å²) in [5.74, 6) is 0. The molecule has 0 saturated carbocycles. The van der Waals surface area contributed by atoms with Crippen molar-refractivity contribution in [2.75, 3.05) is 13.2 Å². The Morgan fingerprint density at radius 3 is 2.33 bits per heavy atom. The Balaban J connectivity index is 2.94. The normalized spacial score (nSPS) is 23.0. The molecule has 0 spiro atoms. The number of hydrogen-bond acceptors (Lipinski definition) is 2. The van der Waals surface area contributed by atoms with Crippen molar-refractivity contribution in [1.82, 2.24) is 0 Å². The van der Waals surface area contributed by atoms with E-state index in [1.54, 1.807) is 0 Å². The van der Waals surface area contributed by atoms with Crippen molar-refractivity contribution in [2.24, 2.45) is 5.41 Å². The number of aliphatic hydroxyl groups is 2. The van der Waals surface area contributed by atoms with Crippen LogP contribution in [-0.2, 0) is 0 Å². The van der Waals surface area contributed by atoms with Crippen LogP contribution >= 0.6 is 0 Å². The molecule has 1 aliphatic rings. The van der Waals surface area contributed by atoms with E-state index in [0.29, 0.717) is 0 Å². The van der Waals surface area contributed by atoms with Crippen molar-refractivity contribution in [3.8, 4) is 0 Å². The van der Waals surface area contributed by atoms with Crippen LogP contribution in [0.4, 0.5) is 0 Å². The Bertz CT molecular complexity index is 192. The van der Waals surface area contributed by atoms with Crippen LogP contribution in [0, 0.1) is 5.41 Å². The van der Waals surface area contributed by atoms with Crippen LogP contribution in [0.15, 0.2) is 11.1 Å². The molecule has 2 heteroatoms. The summed E-state index contributed by atoms with van der Waals surface area (Å²) in [6.45, 7) is 4.48. The number of aliphatic hydroxyl groups excluding tert-OH is 2. The number of hydrogen-bond donors (Lipinski definition) is 2. The zero-order chi connectivity index (χ0) is 9.19. The average molecular weight is 170 g/mol. The van der Waals surface area contributed by atoms with Crippen LogP contribution < -0.4 is 0 Å². The van der Waals surface area contributed by atoms with Crippen LogP contribution in [0.5, 0.6) is 0 Å². The Kier molecular flexibility index (Phi) is 2.91. The predicted molar refractivity (Wildman–Crippen MR) is 48.8 cm³/mol. The molecule has 0 radical (unpaired) electrons. The molecule has 0 aliphatic heterocycles. The quantitative estimate of drug-likeness (QED) is 0.616. The van der Waals surface area contributed by atoms with Crippen LogP contribution in [0.3, 0.4) is 0 Å². The summed E-state index contributed by atoms with van der Waals surface area (Å²) < 4.78 is 0. The molecule has 0 aromatic rings. The van der Waals surface area contributed by atoms with Gasteiger partial charge >= 0.3 is 0 Å². The molecule has 0 bridgehead atoms. The van der Waals surface area contributed by atoms with Gasteiger partial charge in [0, 0.05) is 0 Å². The minimum Gasteiger partial charge on any atom is -0.392 e. The Hall–Kier alpha value is -0.340. The molecule has 2 nitrogen and oxygen atoms in total. The molecule has 0 aromatic carbocycles. The molecule has 0 fully saturated rings. The van der Waals surface area contributed by atoms with Gasteiger partial charge in [-0.05, 0) is 35.8 Å². The first-order chi connectivity index (χ1) is 5.61. The van der Waals surface area contributed by atoms with Gasteiger partial charge in [-0.15, -0.1) is 0 Å². The first-order valence-electron chi connectivity index (χ1n) is 4.55. The third kappa shape index (κ3) is 1.70. The first-order valence-corrected chi connectivity index (χ1v) is 4.55. The van der Waals surface area contributed by atoms with Crippen molar-refractivity contribution in [3.05, 3.63) is 11.1 Å². The maximum atomic E-state index is 9.16. The van der Waals surface area contributed by atoms with Gasteiger partial charge in [-0.3, -0.25) is 0 Å². The minimum absolute atomic E-state index is 0.0884. The number of rotatable bonds is 2. The van der Waals surface area contributed by atoms with Gasteiger partial charge in [0.15, 0.2) is 0 Å². The zero-order valence-corrected chi connectivity index (χ0v) is 7.93. The molecule has 2 N–H and O–H groups in total. The molecule has 12 heavy (non-hydrogen) atoms. The summed E-state index contributed by atoms with van der Waals surface area (Å²) in [5.41, 5.74) is 2.19. The molecule has 0 unspecified atom stereocenters. The molecule has 1 rings (SSSR count). The van der Waals surface area contributed by atoms with E-state index in [9.17, 15) is 0 Å². The summed E-state index contributed by atoms with van der Waals surface area (Å²) in [4.78, 5) is 0. The molecular formula is C10H18O2. The molecule has 1 aliphatic carbocycles. The topological polar surface area (TPSA) is 40.5 Å². The molecule has 0 amide bonds. The molecule has 0 aromatic heterocycles. The Morgan fingerprint density at radius 1 is 1.25 bits per heavy atom. The highest BCUT2D eigenvalue weighted by Crippen LogP contribution is 2.39. The lowest BCUT2D eigenvalue weighted by atomic mass is 9.73. The Labute approximate surface area is 73.9 Å². The van der Waals surface area contributed by atoms with Gasteiger partial charge in [-0.25, -0.2) is 0 Å². The predicted octanol–water partition coefficient (Wildman–Crippen LogP) is 1.48. The summed E-state index contributed by atoms with van der Waals surface area (Å²) in [5, 5.41) is 18.2. The molecule has 70 valence electrons. The van der Waals surface area contributed by atoms with E-state index in [-0.39, 0.29) is 18.6 Å². The lowest BCUT2D eigenvalue weighted by molar-refractivity contribution is 0.245. The van der Waals surface area contributed by atoms with Gasteiger partial charge in [0.25, 0.3) is 0 Å². The second kappa shape index (κ2) is 3.58. The molecule has 0 saturated heterocycles. The average Bonchev–Trinajstić information content (AvgIpc) is 2.02. The van der Waals surface area contributed by atoms with Crippen molar-refractivity contribution >= 4 is 0 Å². The van der Waals surface area contributed by atoms with Crippen molar-refractivity contribution in [3.63, 3.8) is 0 Å². The van der Waals surface area contributed by atoms with Gasteiger partial charge in [-0.1, -0.05) is 13.8 Å². The van der Waals surface area contributed by atoms with Gasteiger partial charge in [-0.2, -0.15) is 0 Å². The SMILES string of the molecule is CC1(C)CCCC(CO)=C1CO. The van der Waals surface area contributed by atoms with E-state index in [0.717, 1.165) is 30.4 Å². The fourth-order valence-corrected chi connectivity index (χ4v) is 2.02. The fourth-order valence-electron chi connectivity index (χ4n) is 2.02. The van der Waals surface area contributed by atoms with Gasteiger partial charge in [0.05, 0.1) is 13.2 Å². The second-order valence-corrected chi connectivity index (χ2v) is 4.14. The van der Waals surface area contributed by atoms with E-state index in [1.807, 2.05) is 0 Å². The molecular weight excluding hydrogens is 152 g/mol. The standard InChI is InChI=1S/C10H18O2/c1-10(2)5-3-4-8(6-11)9(10)7-12/h11-12H,3-7H2,1-2H3. The van der Waals surface area contributed by atoms with Crippen molar-refractivity contribution in [2.45, 2.75) is 33.1 Å². The van der Waals surface area contributed by atoms with E-state index in [1.165, 1.54) is 0 Å². The molecule has 0 heterocycles. The van der Waals surface area contributed by atoms with E-state index >= 15 is 0 Å². The van der Waals surface area contributed by atoms with Crippen molar-refractivity contribution in [1.29, 1.82) is 0 Å². The smallest absolute Gasteiger partial charge is 0.0650 e. The maximum absolute atomic E-state index is 9.16. The summed E-state index contributed by atoms with van der Waals surface area (Å²) in [6.07, 6.45) is 3.20. The van der Waals surface area contributed by atoms with Crippen LogP contribution in [-0.4, -0.2) is 23.4 Å². The minimum atomic E-state index is 0.0884. The highest BCUT2D eigenvalue weighted by atomic mass is 16.3. The third-order valence-corrected chi connectivity index (χ3v) is 2.87. The summed E-state index contributed by atoms with van der Waals surface area (Å²) >= 11 is 0. The maximum Gasteiger partial charge on any atom is 0.0650 e. The molecule has 0 atom stereocenters. The highest BCUT2D eigenvalue weighted by molar-refractivity contribution is 5.24. The van der Waals surface area contributed by atoms with E-state index in [2.05, 4.69) is 13.8 Å². The monoisotopic (exact) mass is 170 g/mol. The van der Waals surface area contributed by atoms with Gasteiger partial charge < -0.3 is 10.2 Å². The lowest BCUT2D eigenvalue weighted by Gasteiger charge is -2.33. The first kappa shape index (κ1) is 9.75.